The standard InChI is InChI=1S/C20H26N2O/c1-22(18-8-5-9-20(13-18)23-2)19(14-21)12-15-10-16-6-3-4-7-17(16)11-15/h3-9,13,15,19H,10-12,14,21H2,1-2H3. The molecule has 2 N–H and O–H groups in total. The van der Waals surface area contributed by atoms with E-state index in [4.69, 9.17) is 10.5 Å². The van der Waals surface area contributed by atoms with Gasteiger partial charge < -0.3 is 15.4 Å². The Labute approximate surface area is 139 Å². The van der Waals surface area contributed by atoms with E-state index in [-0.39, 0.29) is 0 Å². The van der Waals surface area contributed by atoms with Crippen molar-refractivity contribution in [3.05, 3.63) is 59.7 Å². The number of nitrogens with zero attached hydrogens (tertiary/aromatic N) is 1. The molecule has 0 aromatic heterocycles. The van der Waals surface area contributed by atoms with Crippen molar-refractivity contribution in [3.8, 4) is 5.75 Å². The molecular formula is C20H26N2O. The van der Waals surface area contributed by atoms with Gasteiger partial charge in [-0.3, -0.25) is 0 Å². The van der Waals surface area contributed by atoms with Crippen molar-refractivity contribution in [2.45, 2.75) is 25.3 Å². The maximum atomic E-state index is 6.09. The smallest absolute Gasteiger partial charge is 0.120 e. The molecule has 1 atom stereocenters. The molecule has 0 heterocycles. The molecule has 0 bridgehead atoms. The second-order valence-electron chi connectivity index (χ2n) is 6.48. The fourth-order valence-electron chi connectivity index (χ4n) is 3.65. The third-order valence-electron chi connectivity index (χ3n) is 5.02. The molecular weight excluding hydrogens is 284 g/mol. The molecule has 1 aliphatic carbocycles. The van der Waals surface area contributed by atoms with Crippen LogP contribution in [0.4, 0.5) is 5.69 Å². The van der Waals surface area contributed by atoms with E-state index in [1.54, 1.807) is 7.11 Å². The van der Waals surface area contributed by atoms with Gasteiger partial charge in [0.05, 0.1) is 7.11 Å². The Morgan fingerprint density at radius 2 is 1.83 bits per heavy atom. The molecule has 0 amide bonds. The van der Waals surface area contributed by atoms with Crippen LogP contribution in [0.15, 0.2) is 48.5 Å². The molecule has 23 heavy (non-hydrogen) atoms. The van der Waals surface area contributed by atoms with Gasteiger partial charge in [0.15, 0.2) is 0 Å². The first-order valence-electron chi connectivity index (χ1n) is 8.35. The summed E-state index contributed by atoms with van der Waals surface area (Å²) in [7, 11) is 3.84. The average molecular weight is 310 g/mol. The van der Waals surface area contributed by atoms with E-state index in [0.29, 0.717) is 18.5 Å². The molecule has 3 nitrogen and oxygen atoms in total. The molecule has 0 saturated carbocycles. The van der Waals surface area contributed by atoms with E-state index in [2.05, 4.69) is 48.3 Å². The number of likely N-dealkylation sites (N-methyl/N-ethyl adjacent to an activating group) is 1. The minimum atomic E-state index is 0.349. The quantitative estimate of drug-likeness (QED) is 0.890. The number of ether oxygens (including phenoxy) is 1. The summed E-state index contributed by atoms with van der Waals surface area (Å²) in [5, 5.41) is 0. The van der Waals surface area contributed by atoms with Gasteiger partial charge in [-0.25, -0.2) is 0 Å². The summed E-state index contributed by atoms with van der Waals surface area (Å²) in [5.41, 5.74) is 10.3. The largest absolute Gasteiger partial charge is 0.497 e. The van der Waals surface area contributed by atoms with Crippen molar-refractivity contribution < 1.29 is 4.74 Å². The van der Waals surface area contributed by atoms with E-state index >= 15 is 0 Å². The average Bonchev–Trinajstić information content (AvgIpc) is 3.01. The molecule has 0 fully saturated rings. The highest BCUT2D eigenvalue weighted by Gasteiger charge is 2.25. The Morgan fingerprint density at radius 3 is 2.43 bits per heavy atom. The number of anilines is 1. The van der Waals surface area contributed by atoms with E-state index in [0.717, 1.165) is 17.9 Å². The van der Waals surface area contributed by atoms with Crippen molar-refractivity contribution in [2.24, 2.45) is 11.7 Å². The van der Waals surface area contributed by atoms with Gasteiger partial charge in [0.2, 0.25) is 0 Å². The number of hydrogen-bond acceptors (Lipinski definition) is 3. The molecule has 0 radical (unpaired) electrons. The SMILES string of the molecule is COc1cccc(N(C)C(CN)CC2Cc3ccccc3C2)c1. The maximum absolute atomic E-state index is 6.09. The number of fused-ring (bicyclic) bond motifs is 1. The zero-order chi connectivity index (χ0) is 16.2. The zero-order valence-corrected chi connectivity index (χ0v) is 14.0. The molecule has 122 valence electrons. The lowest BCUT2D eigenvalue weighted by atomic mass is 9.96. The fraction of sp³-hybridized carbons (Fsp3) is 0.400. The van der Waals surface area contributed by atoms with Gasteiger partial charge in [-0.05, 0) is 48.4 Å². The second kappa shape index (κ2) is 7.05. The van der Waals surface area contributed by atoms with Gasteiger partial charge in [0.1, 0.15) is 5.75 Å². The van der Waals surface area contributed by atoms with Crippen LogP contribution >= 0.6 is 0 Å². The molecule has 3 rings (SSSR count). The molecule has 3 heteroatoms. The van der Waals surface area contributed by atoms with Crippen molar-refractivity contribution in [2.75, 3.05) is 25.6 Å². The molecule has 0 saturated heterocycles. The van der Waals surface area contributed by atoms with Crippen LogP contribution in [0.25, 0.3) is 0 Å². The van der Waals surface area contributed by atoms with Crippen molar-refractivity contribution in [1.29, 1.82) is 0 Å². The van der Waals surface area contributed by atoms with E-state index in [1.165, 1.54) is 24.0 Å². The predicted octanol–water partition coefficient (Wildman–Crippen LogP) is 3.26. The maximum Gasteiger partial charge on any atom is 0.120 e. The monoisotopic (exact) mass is 310 g/mol. The van der Waals surface area contributed by atoms with Crippen LogP contribution in [0, 0.1) is 5.92 Å². The van der Waals surface area contributed by atoms with E-state index < -0.39 is 0 Å². The van der Waals surface area contributed by atoms with Crippen LogP contribution in [0.2, 0.25) is 0 Å². The van der Waals surface area contributed by atoms with Gasteiger partial charge in [-0.1, -0.05) is 30.3 Å². The first kappa shape index (κ1) is 15.9. The Morgan fingerprint density at radius 1 is 1.13 bits per heavy atom. The van der Waals surface area contributed by atoms with Gasteiger partial charge >= 0.3 is 0 Å². The van der Waals surface area contributed by atoms with Crippen LogP contribution in [0.3, 0.4) is 0 Å². The van der Waals surface area contributed by atoms with Crippen LogP contribution in [-0.4, -0.2) is 26.7 Å². The Kier molecular flexibility index (Phi) is 4.87. The molecule has 2 aromatic rings. The highest BCUT2D eigenvalue weighted by Crippen LogP contribution is 2.31. The zero-order valence-electron chi connectivity index (χ0n) is 14.0. The van der Waals surface area contributed by atoms with Crippen molar-refractivity contribution in [3.63, 3.8) is 0 Å². The summed E-state index contributed by atoms with van der Waals surface area (Å²) in [6.45, 7) is 0.667. The van der Waals surface area contributed by atoms with E-state index in [9.17, 15) is 0 Å². The molecule has 2 aromatic carbocycles. The highest BCUT2D eigenvalue weighted by molar-refractivity contribution is 5.51. The summed E-state index contributed by atoms with van der Waals surface area (Å²) in [6.07, 6.45) is 3.48. The lowest BCUT2D eigenvalue weighted by Crippen LogP contribution is -2.39. The van der Waals surface area contributed by atoms with Crippen molar-refractivity contribution >= 4 is 5.69 Å². The number of methoxy groups -OCH3 is 1. The number of hydrogen-bond donors (Lipinski definition) is 1. The number of benzene rings is 2. The first-order valence-corrected chi connectivity index (χ1v) is 8.35. The third-order valence-corrected chi connectivity index (χ3v) is 5.02. The topological polar surface area (TPSA) is 38.5 Å². The summed E-state index contributed by atoms with van der Waals surface area (Å²) in [6, 6.07) is 17.4. The van der Waals surface area contributed by atoms with Crippen LogP contribution in [-0.2, 0) is 12.8 Å². The lowest BCUT2D eigenvalue weighted by Gasteiger charge is -2.31. The first-order chi connectivity index (χ1) is 11.2. The van der Waals surface area contributed by atoms with E-state index in [1.807, 2.05) is 12.1 Å². The summed E-state index contributed by atoms with van der Waals surface area (Å²) >= 11 is 0. The summed E-state index contributed by atoms with van der Waals surface area (Å²) in [4.78, 5) is 2.30. The van der Waals surface area contributed by atoms with Crippen LogP contribution < -0.4 is 15.4 Å². The summed E-state index contributed by atoms with van der Waals surface area (Å²) < 4.78 is 5.34. The number of rotatable bonds is 6. The number of nitrogens with two attached hydrogens (primary N) is 1. The van der Waals surface area contributed by atoms with Crippen molar-refractivity contribution in [1.82, 2.24) is 0 Å². The normalized spacial score (nSPS) is 15.3. The lowest BCUT2D eigenvalue weighted by molar-refractivity contribution is 0.414. The van der Waals surface area contributed by atoms with Gasteiger partial charge in [-0.2, -0.15) is 0 Å². The Bertz CT molecular complexity index is 631. The van der Waals surface area contributed by atoms with Crippen LogP contribution in [0.1, 0.15) is 17.5 Å². The minimum Gasteiger partial charge on any atom is -0.497 e. The third kappa shape index (κ3) is 3.50. The van der Waals surface area contributed by atoms with Gasteiger partial charge in [0, 0.05) is 31.4 Å². The van der Waals surface area contributed by atoms with Gasteiger partial charge in [0.25, 0.3) is 0 Å². The highest BCUT2D eigenvalue weighted by atomic mass is 16.5. The molecule has 1 aliphatic rings. The molecule has 0 spiro atoms. The predicted molar refractivity (Wildman–Crippen MR) is 96.2 cm³/mol. The van der Waals surface area contributed by atoms with Crippen LogP contribution in [0.5, 0.6) is 5.75 Å². The molecule has 0 aliphatic heterocycles. The van der Waals surface area contributed by atoms with Gasteiger partial charge in [-0.15, -0.1) is 0 Å². The fourth-order valence-corrected chi connectivity index (χ4v) is 3.65. The Balaban J connectivity index is 1.68. The second-order valence-corrected chi connectivity index (χ2v) is 6.48. The minimum absolute atomic E-state index is 0.349. The Hall–Kier alpha value is -2.00. The summed E-state index contributed by atoms with van der Waals surface area (Å²) in [5.74, 6) is 1.58. The molecule has 1 unspecified atom stereocenters.